The van der Waals surface area contributed by atoms with Crippen molar-refractivity contribution in [1.82, 2.24) is 0 Å². The maximum absolute atomic E-state index is 10.3. The Balaban J connectivity index is 3.49. The maximum Gasteiger partial charge on any atom is 0.245 e. The van der Waals surface area contributed by atoms with E-state index >= 15 is 0 Å². The molecule has 0 aliphatic rings. The molecular weight excluding hydrogens is 322 g/mol. The molecule has 4 nitrogen and oxygen atoms in total. The number of benzene rings is 1. The van der Waals surface area contributed by atoms with E-state index in [0.717, 1.165) is 0 Å². The first-order valence-electron chi connectivity index (χ1n) is 4.39. The Hall–Kier alpha value is -0.860. The summed E-state index contributed by atoms with van der Waals surface area (Å²) in [6.45, 7) is 0. The number of nitrogens with zero attached hydrogens (tertiary/aromatic N) is 2. The number of hydrogen-bond donors (Lipinski definition) is 0. The standard InChI is InChI=1S/C10H4Cl4N2O2/c11-9(12,15-5-17)7-3-1-2-4-8(7)10(13,14)16-6-18/h1-4H. The van der Waals surface area contributed by atoms with Gasteiger partial charge in [0.1, 0.15) is 0 Å². The number of halogens is 4. The van der Waals surface area contributed by atoms with Gasteiger partial charge in [0.2, 0.25) is 21.1 Å². The summed E-state index contributed by atoms with van der Waals surface area (Å²) in [7, 11) is 0. The van der Waals surface area contributed by atoms with Gasteiger partial charge in [0.05, 0.1) is 0 Å². The number of isocyanates is 2. The van der Waals surface area contributed by atoms with Crippen LogP contribution < -0.4 is 0 Å². The molecule has 0 radical (unpaired) electrons. The van der Waals surface area contributed by atoms with Crippen LogP contribution >= 0.6 is 46.4 Å². The van der Waals surface area contributed by atoms with Gasteiger partial charge in [-0.15, -0.1) is 0 Å². The van der Waals surface area contributed by atoms with Crippen molar-refractivity contribution in [2.45, 2.75) is 8.91 Å². The molecule has 0 fully saturated rings. The van der Waals surface area contributed by atoms with Crippen LogP contribution in [0.3, 0.4) is 0 Å². The molecule has 0 atom stereocenters. The topological polar surface area (TPSA) is 58.9 Å². The Bertz CT molecular complexity index is 498. The van der Waals surface area contributed by atoms with E-state index in [4.69, 9.17) is 46.4 Å². The van der Waals surface area contributed by atoms with Crippen LogP contribution in [0.25, 0.3) is 0 Å². The number of hydrogen-bond acceptors (Lipinski definition) is 4. The highest BCUT2D eigenvalue weighted by molar-refractivity contribution is 6.50. The van der Waals surface area contributed by atoms with Gasteiger partial charge in [-0.2, -0.15) is 9.98 Å². The van der Waals surface area contributed by atoms with E-state index in [1.54, 1.807) is 12.1 Å². The second kappa shape index (κ2) is 5.85. The monoisotopic (exact) mass is 324 g/mol. The molecule has 94 valence electrons. The Labute approximate surface area is 122 Å². The highest BCUT2D eigenvalue weighted by atomic mass is 35.5. The summed E-state index contributed by atoms with van der Waals surface area (Å²) in [6, 6.07) is 6.03. The molecule has 1 aromatic carbocycles. The third kappa shape index (κ3) is 3.33. The quantitative estimate of drug-likeness (QED) is 0.368. The van der Waals surface area contributed by atoms with Crippen molar-refractivity contribution in [3.63, 3.8) is 0 Å². The van der Waals surface area contributed by atoms with Crippen molar-refractivity contribution >= 4 is 58.6 Å². The number of carbonyl (C=O) groups excluding carboxylic acids is 2. The second-order valence-electron chi connectivity index (χ2n) is 3.03. The largest absolute Gasteiger partial charge is 0.245 e. The van der Waals surface area contributed by atoms with Gasteiger partial charge in [0.25, 0.3) is 0 Å². The molecule has 1 rings (SSSR count). The van der Waals surface area contributed by atoms with Gasteiger partial charge in [-0.1, -0.05) is 70.7 Å². The zero-order chi connectivity index (χ0) is 13.8. The summed E-state index contributed by atoms with van der Waals surface area (Å²) in [5.74, 6) is 0. The van der Waals surface area contributed by atoms with Crippen LogP contribution in [0.5, 0.6) is 0 Å². The van der Waals surface area contributed by atoms with E-state index < -0.39 is 8.91 Å². The summed E-state index contributed by atoms with van der Waals surface area (Å²) >= 11 is 23.4. The fourth-order valence-electron chi connectivity index (χ4n) is 1.24. The summed E-state index contributed by atoms with van der Waals surface area (Å²) in [5, 5.41) is 0. The summed E-state index contributed by atoms with van der Waals surface area (Å²) in [6.07, 6.45) is 2.47. The molecule has 0 aromatic heterocycles. The van der Waals surface area contributed by atoms with Crippen molar-refractivity contribution in [3.8, 4) is 0 Å². The SMILES string of the molecule is O=C=NC(Cl)(Cl)c1ccccc1C(Cl)(Cl)N=C=O. The van der Waals surface area contributed by atoms with E-state index in [1.807, 2.05) is 0 Å². The van der Waals surface area contributed by atoms with Gasteiger partial charge in [-0.25, -0.2) is 9.59 Å². The lowest BCUT2D eigenvalue weighted by atomic mass is 10.1. The predicted molar refractivity (Wildman–Crippen MR) is 69.5 cm³/mol. The first-order chi connectivity index (χ1) is 8.35. The van der Waals surface area contributed by atoms with Crippen LogP contribution in [0.4, 0.5) is 0 Å². The molecule has 0 aliphatic heterocycles. The van der Waals surface area contributed by atoms with Gasteiger partial charge in [0.15, 0.2) is 0 Å². The smallest absolute Gasteiger partial charge is 0.211 e. The van der Waals surface area contributed by atoms with Crippen molar-refractivity contribution in [3.05, 3.63) is 35.4 Å². The van der Waals surface area contributed by atoms with E-state index in [0.29, 0.717) is 0 Å². The van der Waals surface area contributed by atoms with E-state index in [1.165, 1.54) is 24.3 Å². The lowest BCUT2D eigenvalue weighted by Crippen LogP contribution is -2.17. The predicted octanol–water partition coefficient (Wildman–Crippen LogP) is 3.53. The van der Waals surface area contributed by atoms with Crippen LogP contribution in [-0.2, 0) is 18.5 Å². The molecule has 0 aliphatic carbocycles. The maximum atomic E-state index is 10.3. The lowest BCUT2D eigenvalue weighted by Gasteiger charge is -2.21. The third-order valence-corrected chi connectivity index (χ3v) is 3.10. The van der Waals surface area contributed by atoms with Crippen molar-refractivity contribution < 1.29 is 9.59 Å². The van der Waals surface area contributed by atoms with Crippen LogP contribution in [-0.4, -0.2) is 12.2 Å². The summed E-state index contributed by atoms with van der Waals surface area (Å²) in [5.41, 5.74) is 0.223. The minimum atomic E-state index is -1.92. The summed E-state index contributed by atoms with van der Waals surface area (Å²) < 4.78 is -3.85. The Morgan fingerprint density at radius 2 is 1.17 bits per heavy atom. The van der Waals surface area contributed by atoms with Gasteiger partial charge in [0, 0.05) is 11.1 Å². The van der Waals surface area contributed by atoms with Crippen LogP contribution in [0.15, 0.2) is 34.3 Å². The molecule has 0 saturated heterocycles. The summed E-state index contributed by atoms with van der Waals surface area (Å²) in [4.78, 5) is 27.0. The van der Waals surface area contributed by atoms with E-state index in [2.05, 4.69) is 9.98 Å². The van der Waals surface area contributed by atoms with Crippen molar-refractivity contribution in [1.29, 1.82) is 0 Å². The molecule has 0 amide bonds. The molecular formula is C10H4Cl4N2O2. The van der Waals surface area contributed by atoms with Gasteiger partial charge >= 0.3 is 0 Å². The Kier molecular flexibility index (Phi) is 4.94. The first-order valence-corrected chi connectivity index (χ1v) is 5.90. The molecule has 0 unspecified atom stereocenters. The van der Waals surface area contributed by atoms with Gasteiger partial charge in [-0.05, 0) is 0 Å². The molecule has 0 bridgehead atoms. The number of aliphatic imine (C=N–C) groups is 2. The lowest BCUT2D eigenvalue weighted by molar-refractivity contribution is 0.559. The second-order valence-corrected chi connectivity index (χ2v) is 5.61. The average molecular weight is 326 g/mol. The average Bonchev–Trinajstić information content (AvgIpc) is 2.29. The number of alkyl halides is 4. The van der Waals surface area contributed by atoms with Gasteiger partial charge in [-0.3, -0.25) is 0 Å². The first kappa shape index (κ1) is 15.2. The van der Waals surface area contributed by atoms with Crippen LogP contribution in [0.1, 0.15) is 11.1 Å². The molecule has 0 N–H and O–H groups in total. The fraction of sp³-hybridized carbons (Fsp3) is 0.200. The molecule has 1 aromatic rings. The molecule has 8 heteroatoms. The normalized spacial score (nSPS) is 11.3. The van der Waals surface area contributed by atoms with E-state index in [-0.39, 0.29) is 11.1 Å². The zero-order valence-corrected chi connectivity index (χ0v) is 11.6. The van der Waals surface area contributed by atoms with Crippen LogP contribution in [0.2, 0.25) is 0 Å². The molecule has 0 spiro atoms. The third-order valence-electron chi connectivity index (χ3n) is 1.95. The minimum absolute atomic E-state index is 0.112. The van der Waals surface area contributed by atoms with Crippen LogP contribution in [0, 0.1) is 0 Å². The minimum Gasteiger partial charge on any atom is -0.211 e. The molecule has 18 heavy (non-hydrogen) atoms. The molecule has 0 heterocycles. The Morgan fingerprint density at radius 1 is 0.833 bits per heavy atom. The zero-order valence-electron chi connectivity index (χ0n) is 8.53. The number of rotatable bonds is 4. The van der Waals surface area contributed by atoms with Crippen molar-refractivity contribution in [2.24, 2.45) is 9.98 Å². The highest BCUT2D eigenvalue weighted by Crippen LogP contribution is 2.44. The van der Waals surface area contributed by atoms with E-state index in [9.17, 15) is 9.59 Å². The fourth-order valence-corrected chi connectivity index (χ4v) is 2.04. The molecule has 0 saturated carbocycles. The highest BCUT2D eigenvalue weighted by Gasteiger charge is 2.36. The Morgan fingerprint density at radius 3 is 1.44 bits per heavy atom. The van der Waals surface area contributed by atoms with Crippen molar-refractivity contribution in [2.75, 3.05) is 0 Å². The van der Waals surface area contributed by atoms with Gasteiger partial charge < -0.3 is 0 Å².